The van der Waals surface area contributed by atoms with Crippen LogP contribution in [0.2, 0.25) is 0 Å². The van der Waals surface area contributed by atoms with Gasteiger partial charge in [-0.15, -0.1) is 0 Å². The first kappa shape index (κ1) is 17.4. The Balaban J connectivity index is 1.83. The number of epoxide rings is 1. The van der Waals surface area contributed by atoms with Crippen LogP contribution >= 0.6 is 0 Å². The summed E-state index contributed by atoms with van der Waals surface area (Å²) in [5.41, 5.74) is 0. The molecule has 0 N–H and O–H groups in total. The molecule has 0 spiro atoms. The van der Waals surface area contributed by atoms with E-state index in [9.17, 15) is 9.59 Å². The third kappa shape index (κ3) is 7.35. The fourth-order valence-corrected chi connectivity index (χ4v) is 3.19. The molecule has 1 fully saturated rings. The van der Waals surface area contributed by atoms with Crippen molar-refractivity contribution in [3.63, 3.8) is 0 Å². The van der Waals surface area contributed by atoms with Crippen LogP contribution in [0.1, 0.15) is 77.0 Å². The van der Waals surface area contributed by atoms with Crippen molar-refractivity contribution in [3.05, 3.63) is 12.2 Å². The summed E-state index contributed by atoms with van der Waals surface area (Å²) in [5.74, 6) is 0.797. The molecule has 2 atom stereocenters. The van der Waals surface area contributed by atoms with Gasteiger partial charge < -0.3 is 4.74 Å². The molecule has 2 unspecified atom stereocenters. The molecule has 1 heterocycles. The van der Waals surface area contributed by atoms with Gasteiger partial charge in [-0.25, -0.2) is 0 Å². The highest BCUT2D eigenvalue weighted by Gasteiger charge is 2.29. The number of hydrogen-bond donors (Lipinski definition) is 0. The maximum absolute atomic E-state index is 12.4. The maximum Gasteiger partial charge on any atom is 0.136 e. The SMILES string of the molecule is O=C1CCCCCCC=CCCC(CC2CO2)C(=O)CCC1. The molecular weight excluding hydrogens is 276 g/mol. The minimum Gasteiger partial charge on any atom is -0.373 e. The van der Waals surface area contributed by atoms with E-state index < -0.39 is 0 Å². The number of hydrogen-bond acceptors (Lipinski definition) is 3. The van der Waals surface area contributed by atoms with Gasteiger partial charge in [-0.3, -0.25) is 9.59 Å². The van der Waals surface area contributed by atoms with Crippen LogP contribution in [0, 0.1) is 5.92 Å². The van der Waals surface area contributed by atoms with E-state index >= 15 is 0 Å². The lowest BCUT2D eigenvalue weighted by molar-refractivity contribution is -0.123. The number of ether oxygens (including phenoxy) is 1. The lowest BCUT2D eigenvalue weighted by Crippen LogP contribution is -2.17. The molecule has 3 nitrogen and oxygen atoms in total. The molecule has 3 heteroatoms. The second-order valence-corrected chi connectivity index (χ2v) is 6.75. The van der Waals surface area contributed by atoms with Crippen molar-refractivity contribution in [1.82, 2.24) is 0 Å². The van der Waals surface area contributed by atoms with Gasteiger partial charge in [-0.1, -0.05) is 25.0 Å². The lowest BCUT2D eigenvalue weighted by atomic mass is 9.90. The Morgan fingerprint density at radius 2 is 1.64 bits per heavy atom. The van der Waals surface area contributed by atoms with Crippen molar-refractivity contribution >= 4 is 11.6 Å². The predicted octanol–water partition coefficient (Wildman–Crippen LogP) is 4.39. The lowest BCUT2D eigenvalue weighted by Gasteiger charge is -2.14. The summed E-state index contributed by atoms with van der Waals surface area (Å²) >= 11 is 0. The molecule has 0 radical (unpaired) electrons. The summed E-state index contributed by atoms with van der Waals surface area (Å²) in [7, 11) is 0. The Morgan fingerprint density at radius 1 is 0.909 bits per heavy atom. The van der Waals surface area contributed by atoms with Crippen molar-refractivity contribution < 1.29 is 14.3 Å². The summed E-state index contributed by atoms with van der Waals surface area (Å²) in [6.45, 7) is 0.818. The highest BCUT2D eigenvalue weighted by Crippen LogP contribution is 2.25. The quantitative estimate of drug-likeness (QED) is 0.561. The summed E-state index contributed by atoms with van der Waals surface area (Å²) in [6.07, 6.45) is 15.9. The van der Waals surface area contributed by atoms with Crippen molar-refractivity contribution in [1.29, 1.82) is 0 Å². The first-order valence-corrected chi connectivity index (χ1v) is 9.06. The van der Waals surface area contributed by atoms with Crippen molar-refractivity contribution in [2.45, 2.75) is 83.2 Å². The summed E-state index contributed by atoms with van der Waals surface area (Å²) in [6, 6.07) is 0. The smallest absolute Gasteiger partial charge is 0.136 e. The minimum atomic E-state index is 0.125. The van der Waals surface area contributed by atoms with Crippen LogP contribution in [-0.4, -0.2) is 24.3 Å². The van der Waals surface area contributed by atoms with Crippen LogP contribution in [0.25, 0.3) is 0 Å². The third-order valence-electron chi connectivity index (χ3n) is 4.71. The molecule has 22 heavy (non-hydrogen) atoms. The van der Waals surface area contributed by atoms with E-state index in [1.807, 2.05) is 0 Å². The third-order valence-corrected chi connectivity index (χ3v) is 4.71. The molecule has 0 amide bonds. The van der Waals surface area contributed by atoms with Gasteiger partial charge in [0.2, 0.25) is 0 Å². The van der Waals surface area contributed by atoms with Gasteiger partial charge in [0, 0.05) is 25.2 Å². The van der Waals surface area contributed by atoms with Crippen LogP contribution in [0.15, 0.2) is 12.2 Å². The topological polar surface area (TPSA) is 46.7 Å². The molecule has 0 aromatic rings. The average molecular weight is 306 g/mol. The largest absolute Gasteiger partial charge is 0.373 e. The van der Waals surface area contributed by atoms with Crippen molar-refractivity contribution in [3.8, 4) is 0 Å². The van der Waals surface area contributed by atoms with Crippen LogP contribution in [0.3, 0.4) is 0 Å². The Hall–Kier alpha value is -0.960. The fraction of sp³-hybridized carbons (Fsp3) is 0.789. The van der Waals surface area contributed by atoms with E-state index in [2.05, 4.69) is 12.2 Å². The summed E-state index contributed by atoms with van der Waals surface area (Å²) in [5, 5.41) is 0. The molecule has 2 aliphatic rings. The first-order chi connectivity index (χ1) is 10.8. The Kier molecular flexibility index (Phi) is 7.86. The predicted molar refractivity (Wildman–Crippen MR) is 87.8 cm³/mol. The summed E-state index contributed by atoms with van der Waals surface area (Å²) in [4.78, 5) is 24.2. The number of allylic oxidation sites excluding steroid dienone is 2. The van der Waals surface area contributed by atoms with Gasteiger partial charge in [0.1, 0.15) is 11.6 Å². The zero-order chi connectivity index (χ0) is 15.6. The molecule has 0 bridgehead atoms. The number of Topliss-reactive ketones (excluding diaryl/α,β-unsaturated/α-hetero) is 2. The molecule has 0 aromatic heterocycles. The number of carbonyl (C=O) groups is 2. The second kappa shape index (κ2) is 9.94. The van der Waals surface area contributed by atoms with Gasteiger partial charge in [0.25, 0.3) is 0 Å². The number of ketones is 2. The van der Waals surface area contributed by atoms with E-state index in [1.54, 1.807) is 0 Å². The highest BCUT2D eigenvalue weighted by atomic mass is 16.6. The van der Waals surface area contributed by atoms with Crippen LogP contribution in [0.4, 0.5) is 0 Å². The van der Waals surface area contributed by atoms with Crippen molar-refractivity contribution in [2.24, 2.45) is 5.92 Å². The number of carbonyl (C=O) groups excluding carboxylic acids is 2. The Bertz CT molecular complexity index is 382. The normalized spacial score (nSPS) is 29.5. The maximum atomic E-state index is 12.4. The molecule has 0 saturated carbocycles. The molecule has 1 aliphatic heterocycles. The van der Waals surface area contributed by atoms with Crippen LogP contribution in [-0.2, 0) is 14.3 Å². The molecule has 2 rings (SSSR count). The van der Waals surface area contributed by atoms with Gasteiger partial charge in [0.05, 0.1) is 12.7 Å². The van der Waals surface area contributed by atoms with E-state index in [0.29, 0.717) is 36.9 Å². The average Bonchev–Trinajstić information content (AvgIpc) is 3.30. The van der Waals surface area contributed by atoms with Gasteiger partial charge in [-0.05, 0) is 44.9 Å². The zero-order valence-electron chi connectivity index (χ0n) is 13.7. The van der Waals surface area contributed by atoms with E-state index in [0.717, 1.165) is 51.6 Å². The van der Waals surface area contributed by atoms with Gasteiger partial charge >= 0.3 is 0 Å². The highest BCUT2D eigenvalue weighted by molar-refractivity contribution is 5.82. The number of rotatable bonds is 2. The van der Waals surface area contributed by atoms with Crippen molar-refractivity contribution in [2.75, 3.05) is 6.61 Å². The molecule has 1 saturated heterocycles. The van der Waals surface area contributed by atoms with Crippen LogP contribution in [0.5, 0.6) is 0 Å². The minimum absolute atomic E-state index is 0.125. The van der Waals surface area contributed by atoms with Gasteiger partial charge in [-0.2, -0.15) is 0 Å². The monoisotopic (exact) mass is 306 g/mol. The standard InChI is InChI=1S/C19H30O3/c20-17-11-8-6-4-2-1-3-5-7-10-16(14-18-15-22-18)19(21)13-9-12-17/h3,5,16,18H,1-2,4,6-15H2. The van der Waals surface area contributed by atoms with E-state index in [1.165, 1.54) is 12.8 Å². The molecule has 0 aromatic carbocycles. The van der Waals surface area contributed by atoms with Gasteiger partial charge in [0.15, 0.2) is 0 Å². The van der Waals surface area contributed by atoms with Crippen LogP contribution < -0.4 is 0 Å². The molecule has 124 valence electrons. The zero-order valence-corrected chi connectivity index (χ0v) is 13.7. The summed E-state index contributed by atoms with van der Waals surface area (Å²) < 4.78 is 5.29. The van der Waals surface area contributed by atoms with E-state index in [4.69, 9.17) is 4.74 Å². The first-order valence-electron chi connectivity index (χ1n) is 9.06. The molecular formula is C19H30O3. The fourth-order valence-electron chi connectivity index (χ4n) is 3.19. The van der Waals surface area contributed by atoms with E-state index in [-0.39, 0.29) is 5.92 Å². The Morgan fingerprint density at radius 3 is 2.45 bits per heavy atom. The second-order valence-electron chi connectivity index (χ2n) is 6.75. The Labute approximate surface area is 134 Å². The molecule has 1 aliphatic carbocycles.